The summed E-state index contributed by atoms with van der Waals surface area (Å²) < 4.78 is 1.38. The zero-order chi connectivity index (χ0) is 11.5. The van der Waals surface area contributed by atoms with Gasteiger partial charge in [-0.1, -0.05) is 17.7 Å². The number of nitriles is 1. The molecule has 2 aromatic rings. The molecule has 0 unspecified atom stereocenters. The summed E-state index contributed by atoms with van der Waals surface area (Å²) in [6.45, 7) is 0. The molecule has 0 spiro atoms. The maximum Gasteiger partial charge on any atom is 0.266 e. The standard InChI is InChI=1S/C11H6ClN3O/c12-10-8(4-3-6-13)11(16)15-7-2-1-5-9(15)14-10/h1-5,7H/b4-3+. The van der Waals surface area contributed by atoms with Gasteiger partial charge < -0.3 is 0 Å². The lowest BCUT2D eigenvalue weighted by molar-refractivity contribution is 1.04. The van der Waals surface area contributed by atoms with E-state index in [0.29, 0.717) is 5.65 Å². The highest BCUT2D eigenvalue weighted by atomic mass is 35.5. The van der Waals surface area contributed by atoms with E-state index in [-0.39, 0.29) is 16.3 Å². The maximum absolute atomic E-state index is 11.9. The van der Waals surface area contributed by atoms with Crippen molar-refractivity contribution in [1.29, 1.82) is 5.26 Å². The molecule has 2 rings (SSSR count). The highest BCUT2D eigenvalue weighted by molar-refractivity contribution is 6.31. The van der Waals surface area contributed by atoms with Crippen LogP contribution in [0, 0.1) is 11.3 Å². The third-order valence-electron chi connectivity index (χ3n) is 2.05. The van der Waals surface area contributed by atoms with Crippen LogP contribution in [0.15, 0.2) is 35.3 Å². The van der Waals surface area contributed by atoms with E-state index in [1.54, 1.807) is 30.5 Å². The van der Waals surface area contributed by atoms with Gasteiger partial charge in [-0.2, -0.15) is 5.26 Å². The molecule has 0 saturated heterocycles. The average molecular weight is 232 g/mol. The van der Waals surface area contributed by atoms with Gasteiger partial charge >= 0.3 is 0 Å². The third kappa shape index (κ3) is 1.69. The fourth-order valence-corrected chi connectivity index (χ4v) is 1.57. The van der Waals surface area contributed by atoms with E-state index in [9.17, 15) is 4.79 Å². The van der Waals surface area contributed by atoms with Gasteiger partial charge in [-0.05, 0) is 18.2 Å². The summed E-state index contributed by atoms with van der Waals surface area (Å²) in [7, 11) is 0. The zero-order valence-electron chi connectivity index (χ0n) is 8.09. The van der Waals surface area contributed by atoms with Crippen molar-refractivity contribution >= 4 is 23.3 Å². The van der Waals surface area contributed by atoms with E-state index in [1.165, 1.54) is 16.6 Å². The van der Waals surface area contributed by atoms with Crippen LogP contribution in [-0.2, 0) is 0 Å². The summed E-state index contributed by atoms with van der Waals surface area (Å²) in [5.41, 5.74) is 0.403. The Bertz CT molecular complexity index is 667. The number of aromatic nitrogens is 2. The summed E-state index contributed by atoms with van der Waals surface area (Å²) in [6.07, 6.45) is 4.15. The largest absolute Gasteiger partial charge is 0.268 e. The molecule has 2 heterocycles. The monoisotopic (exact) mass is 231 g/mol. The molecule has 0 saturated carbocycles. The van der Waals surface area contributed by atoms with Crippen molar-refractivity contribution in [1.82, 2.24) is 9.38 Å². The third-order valence-corrected chi connectivity index (χ3v) is 2.34. The SMILES string of the molecule is N#C/C=C/c1c(Cl)nc2ccccn2c1=O. The smallest absolute Gasteiger partial charge is 0.266 e. The molecule has 0 aromatic carbocycles. The molecule has 0 aliphatic carbocycles. The number of rotatable bonds is 1. The molecular weight excluding hydrogens is 226 g/mol. The maximum atomic E-state index is 11.9. The second-order valence-corrected chi connectivity index (χ2v) is 3.37. The molecule has 5 heteroatoms. The second kappa shape index (κ2) is 4.17. The van der Waals surface area contributed by atoms with E-state index in [0.717, 1.165) is 0 Å². The highest BCUT2D eigenvalue weighted by Crippen LogP contribution is 2.11. The van der Waals surface area contributed by atoms with Crippen molar-refractivity contribution in [3.05, 3.63) is 51.5 Å². The van der Waals surface area contributed by atoms with Crippen molar-refractivity contribution < 1.29 is 0 Å². The van der Waals surface area contributed by atoms with Gasteiger partial charge in [0.15, 0.2) is 0 Å². The minimum Gasteiger partial charge on any atom is -0.268 e. The van der Waals surface area contributed by atoms with Crippen molar-refractivity contribution in [2.24, 2.45) is 0 Å². The summed E-state index contributed by atoms with van der Waals surface area (Å²) >= 11 is 5.86. The van der Waals surface area contributed by atoms with Gasteiger partial charge in [-0.25, -0.2) is 4.98 Å². The van der Waals surface area contributed by atoms with Crippen molar-refractivity contribution in [3.63, 3.8) is 0 Å². The fourth-order valence-electron chi connectivity index (χ4n) is 1.34. The first kappa shape index (κ1) is 10.4. The Morgan fingerprint density at radius 1 is 1.50 bits per heavy atom. The van der Waals surface area contributed by atoms with Gasteiger partial charge in [-0.15, -0.1) is 0 Å². The number of hydrogen-bond donors (Lipinski definition) is 0. The Kier molecular flexibility index (Phi) is 2.71. The zero-order valence-corrected chi connectivity index (χ0v) is 8.85. The minimum absolute atomic E-state index is 0.0997. The predicted molar refractivity (Wildman–Crippen MR) is 61.1 cm³/mol. The number of allylic oxidation sites excluding steroid dienone is 1. The minimum atomic E-state index is -0.290. The number of fused-ring (bicyclic) bond motifs is 1. The topological polar surface area (TPSA) is 58.2 Å². The highest BCUT2D eigenvalue weighted by Gasteiger charge is 2.07. The summed E-state index contributed by atoms with van der Waals surface area (Å²) in [5, 5.41) is 8.51. The van der Waals surface area contributed by atoms with E-state index in [4.69, 9.17) is 16.9 Å². The molecule has 16 heavy (non-hydrogen) atoms. The van der Waals surface area contributed by atoms with Crippen molar-refractivity contribution in [3.8, 4) is 6.07 Å². The van der Waals surface area contributed by atoms with Gasteiger partial charge in [0.1, 0.15) is 10.8 Å². The Hall–Kier alpha value is -2.12. The van der Waals surface area contributed by atoms with Crippen LogP contribution < -0.4 is 5.56 Å². The summed E-state index contributed by atoms with van der Waals surface area (Å²) in [5.74, 6) is 0. The van der Waals surface area contributed by atoms with Crippen LogP contribution in [0.3, 0.4) is 0 Å². The molecule has 2 aromatic heterocycles. The predicted octanol–water partition coefficient (Wildman–Crippen LogP) is 1.88. The van der Waals surface area contributed by atoms with Crippen LogP contribution in [0.1, 0.15) is 5.56 Å². The van der Waals surface area contributed by atoms with Gasteiger partial charge in [0.25, 0.3) is 5.56 Å². The Labute approximate surface area is 96.0 Å². The van der Waals surface area contributed by atoms with Gasteiger partial charge in [0.2, 0.25) is 0 Å². The van der Waals surface area contributed by atoms with E-state index < -0.39 is 0 Å². The summed E-state index contributed by atoms with van der Waals surface area (Å²) in [6, 6.07) is 6.98. The van der Waals surface area contributed by atoms with Crippen LogP contribution in [-0.4, -0.2) is 9.38 Å². The molecule has 0 radical (unpaired) electrons. The lowest BCUT2D eigenvalue weighted by atomic mass is 10.3. The molecule has 4 nitrogen and oxygen atoms in total. The van der Waals surface area contributed by atoms with Gasteiger partial charge in [-0.3, -0.25) is 9.20 Å². The molecule has 0 aliphatic rings. The average Bonchev–Trinajstić information content (AvgIpc) is 2.29. The lowest BCUT2D eigenvalue weighted by Gasteiger charge is -2.02. The number of halogens is 1. The van der Waals surface area contributed by atoms with Gasteiger partial charge in [0, 0.05) is 12.3 Å². The molecule has 0 amide bonds. The van der Waals surface area contributed by atoms with E-state index >= 15 is 0 Å². The number of hydrogen-bond acceptors (Lipinski definition) is 3. The second-order valence-electron chi connectivity index (χ2n) is 3.01. The van der Waals surface area contributed by atoms with Crippen molar-refractivity contribution in [2.45, 2.75) is 0 Å². The van der Waals surface area contributed by atoms with Gasteiger partial charge in [0.05, 0.1) is 11.6 Å². The molecule has 0 aliphatic heterocycles. The van der Waals surface area contributed by atoms with Crippen LogP contribution >= 0.6 is 11.6 Å². The molecule has 78 valence electrons. The van der Waals surface area contributed by atoms with Crippen molar-refractivity contribution in [2.75, 3.05) is 0 Å². The first-order valence-corrected chi connectivity index (χ1v) is 4.85. The fraction of sp³-hybridized carbons (Fsp3) is 0. The molecule has 0 bridgehead atoms. The van der Waals surface area contributed by atoms with Crippen LogP contribution in [0.25, 0.3) is 11.7 Å². The Balaban J connectivity index is 2.82. The summed E-state index contributed by atoms with van der Waals surface area (Å²) in [4.78, 5) is 16.0. The molecule has 0 N–H and O–H groups in total. The lowest BCUT2D eigenvalue weighted by Crippen LogP contribution is -2.17. The quantitative estimate of drug-likeness (QED) is 0.556. The normalized spacial score (nSPS) is 10.8. The van der Waals surface area contributed by atoms with Crippen LogP contribution in [0.2, 0.25) is 5.15 Å². The number of pyridine rings is 1. The number of nitrogens with zero attached hydrogens (tertiary/aromatic N) is 3. The Morgan fingerprint density at radius 3 is 3.06 bits per heavy atom. The van der Waals surface area contributed by atoms with Crippen LogP contribution in [0.5, 0.6) is 0 Å². The van der Waals surface area contributed by atoms with E-state index in [2.05, 4.69) is 4.98 Å². The Morgan fingerprint density at radius 2 is 2.31 bits per heavy atom. The molecular formula is C11H6ClN3O. The molecule has 0 atom stereocenters. The first-order valence-electron chi connectivity index (χ1n) is 4.47. The van der Waals surface area contributed by atoms with E-state index in [1.807, 2.05) is 0 Å². The molecule has 0 fully saturated rings. The first-order chi connectivity index (χ1) is 7.74. The van der Waals surface area contributed by atoms with Crippen LogP contribution in [0.4, 0.5) is 0 Å².